The lowest BCUT2D eigenvalue weighted by molar-refractivity contribution is -0.167. The molecule has 0 bridgehead atoms. The lowest BCUT2D eigenvalue weighted by Crippen LogP contribution is -2.30. The van der Waals surface area contributed by atoms with Gasteiger partial charge in [0.2, 0.25) is 0 Å². The normalized spacial score (nSPS) is 12.7. The fourth-order valence-corrected chi connectivity index (χ4v) is 7.68. The summed E-state index contributed by atoms with van der Waals surface area (Å²) in [6.45, 7) is 6.47. The van der Waals surface area contributed by atoms with E-state index in [-0.39, 0.29) is 31.1 Å². The van der Waals surface area contributed by atoms with Crippen LogP contribution in [0.3, 0.4) is 0 Å². The van der Waals surface area contributed by atoms with Crippen LogP contribution in [0.5, 0.6) is 0 Å². The van der Waals surface area contributed by atoms with Crippen LogP contribution in [0.2, 0.25) is 0 Å². The van der Waals surface area contributed by atoms with E-state index in [0.717, 1.165) is 122 Å². The SMILES string of the molecule is CC/C=C\C/C=C\C/C=C\C/C=C\C/C=C\CCCCCC(=O)OC[C@H](COC(=O)CCCCCCCCCCCCCCCCC)OC(=O)CCCCCCC/C=C\C/C=C\CCCCC. The molecule has 0 aromatic carbocycles. The van der Waals surface area contributed by atoms with E-state index >= 15 is 0 Å². The van der Waals surface area contributed by atoms with Gasteiger partial charge in [0.05, 0.1) is 0 Å². The predicted octanol–water partition coefficient (Wildman–Crippen LogP) is 18.8. The first-order chi connectivity index (χ1) is 33.0. The topological polar surface area (TPSA) is 78.9 Å². The van der Waals surface area contributed by atoms with Gasteiger partial charge in [-0.3, -0.25) is 14.4 Å². The number of rotatable bonds is 50. The zero-order valence-electron chi connectivity index (χ0n) is 43.9. The molecule has 67 heavy (non-hydrogen) atoms. The van der Waals surface area contributed by atoms with Gasteiger partial charge in [0.25, 0.3) is 0 Å². The summed E-state index contributed by atoms with van der Waals surface area (Å²) in [7, 11) is 0. The van der Waals surface area contributed by atoms with Crippen molar-refractivity contribution in [1.82, 2.24) is 0 Å². The molecule has 0 amide bonds. The van der Waals surface area contributed by atoms with Gasteiger partial charge in [0.1, 0.15) is 13.2 Å². The molecular weight excluding hydrogens is 829 g/mol. The number of esters is 3. The summed E-state index contributed by atoms with van der Waals surface area (Å²) >= 11 is 0. The highest BCUT2D eigenvalue weighted by atomic mass is 16.6. The van der Waals surface area contributed by atoms with Crippen LogP contribution in [0.1, 0.15) is 265 Å². The maximum Gasteiger partial charge on any atom is 0.306 e. The molecule has 0 spiro atoms. The molecule has 0 aromatic rings. The monoisotopic (exact) mass is 933 g/mol. The summed E-state index contributed by atoms with van der Waals surface area (Å²) in [5.74, 6) is -0.933. The number of hydrogen-bond acceptors (Lipinski definition) is 6. The first kappa shape index (κ1) is 63.6. The van der Waals surface area contributed by atoms with E-state index in [9.17, 15) is 14.4 Å². The summed E-state index contributed by atoms with van der Waals surface area (Å²) in [5, 5.41) is 0. The van der Waals surface area contributed by atoms with Crippen LogP contribution >= 0.6 is 0 Å². The minimum Gasteiger partial charge on any atom is -0.462 e. The molecule has 0 aliphatic carbocycles. The zero-order valence-corrected chi connectivity index (χ0v) is 43.9. The first-order valence-corrected chi connectivity index (χ1v) is 28.1. The molecule has 384 valence electrons. The van der Waals surface area contributed by atoms with Crippen LogP contribution in [0.25, 0.3) is 0 Å². The molecule has 6 nitrogen and oxygen atoms in total. The third-order valence-electron chi connectivity index (χ3n) is 11.9. The number of ether oxygens (including phenoxy) is 3. The van der Waals surface area contributed by atoms with E-state index in [2.05, 4.69) is 106 Å². The Labute approximate surface area is 414 Å². The van der Waals surface area contributed by atoms with Crippen molar-refractivity contribution in [3.63, 3.8) is 0 Å². The predicted molar refractivity (Wildman–Crippen MR) is 288 cm³/mol. The van der Waals surface area contributed by atoms with Gasteiger partial charge in [-0.1, -0.05) is 234 Å². The van der Waals surface area contributed by atoms with E-state index in [1.165, 1.54) is 103 Å². The van der Waals surface area contributed by atoms with Gasteiger partial charge in [0.15, 0.2) is 6.10 Å². The lowest BCUT2D eigenvalue weighted by Gasteiger charge is -2.18. The Bertz CT molecular complexity index is 1300. The molecule has 1 atom stereocenters. The Kier molecular flexibility index (Phi) is 52.4. The van der Waals surface area contributed by atoms with Crippen molar-refractivity contribution in [2.45, 2.75) is 271 Å². The van der Waals surface area contributed by atoms with E-state index in [1.54, 1.807) is 0 Å². The highest BCUT2D eigenvalue weighted by Gasteiger charge is 2.19. The van der Waals surface area contributed by atoms with E-state index in [4.69, 9.17) is 14.2 Å². The molecule has 0 aliphatic rings. The minimum atomic E-state index is -0.797. The van der Waals surface area contributed by atoms with Crippen LogP contribution in [0.15, 0.2) is 85.1 Å². The van der Waals surface area contributed by atoms with Gasteiger partial charge >= 0.3 is 17.9 Å². The van der Waals surface area contributed by atoms with Crippen molar-refractivity contribution >= 4 is 17.9 Å². The van der Waals surface area contributed by atoms with Crippen LogP contribution in [-0.2, 0) is 28.6 Å². The molecular formula is C61H104O6. The molecule has 0 fully saturated rings. The average Bonchev–Trinajstić information content (AvgIpc) is 3.33. The molecule has 0 saturated carbocycles. The second-order valence-corrected chi connectivity index (χ2v) is 18.5. The van der Waals surface area contributed by atoms with Crippen molar-refractivity contribution in [1.29, 1.82) is 0 Å². The molecule has 0 rings (SSSR count). The number of unbranched alkanes of at least 4 members (excludes halogenated alkanes) is 25. The summed E-state index contributed by atoms with van der Waals surface area (Å²) in [5.41, 5.74) is 0. The highest BCUT2D eigenvalue weighted by Crippen LogP contribution is 2.15. The molecule has 0 heterocycles. The highest BCUT2D eigenvalue weighted by molar-refractivity contribution is 5.71. The van der Waals surface area contributed by atoms with Crippen molar-refractivity contribution in [3.8, 4) is 0 Å². The molecule has 0 radical (unpaired) electrons. The Morgan fingerprint density at radius 1 is 0.313 bits per heavy atom. The van der Waals surface area contributed by atoms with Crippen molar-refractivity contribution in [2.24, 2.45) is 0 Å². The number of carbonyl (C=O) groups excluding carboxylic acids is 3. The van der Waals surface area contributed by atoms with E-state index in [0.29, 0.717) is 19.3 Å². The van der Waals surface area contributed by atoms with E-state index in [1.807, 2.05) is 0 Å². The summed E-state index contributed by atoms with van der Waals surface area (Å²) in [6, 6.07) is 0. The average molecular weight is 933 g/mol. The van der Waals surface area contributed by atoms with Gasteiger partial charge in [0, 0.05) is 19.3 Å². The van der Waals surface area contributed by atoms with Gasteiger partial charge in [-0.05, 0) is 96.3 Å². The molecule has 0 N–H and O–H groups in total. The van der Waals surface area contributed by atoms with Crippen molar-refractivity contribution in [3.05, 3.63) is 85.1 Å². The fraction of sp³-hybridized carbons (Fsp3) is 0.721. The lowest BCUT2D eigenvalue weighted by atomic mass is 10.0. The van der Waals surface area contributed by atoms with Crippen molar-refractivity contribution < 1.29 is 28.6 Å². The second kappa shape index (κ2) is 55.2. The van der Waals surface area contributed by atoms with Gasteiger partial charge in [-0.15, -0.1) is 0 Å². The Morgan fingerprint density at radius 2 is 0.582 bits per heavy atom. The molecule has 6 heteroatoms. The van der Waals surface area contributed by atoms with E-state index < -0.39 is 6.10 Å². The molecule has 0 aliphatic heterocycles. The third kappa shape index (κ3) is 53.4. The van der Waals surface area contributed by atoms with Crippen molar-refractivity contribution in [2.75, 3.05) is 13.2 Å². The molecule has 0 unspecified atom stereocenters. The minimum absolute atomic E-state index is 0.0913. The van der Waals surface area contributed by atoms with Crippen LogP contribution < -0.4 is 0 Å². The smallest absolute Gasteiger partial charge is 0.306 e. The summed E-state index contributed by atoms with van der Waals surface area (Å²) < 4.78 is 16.8. The Hall–Kier alpha value is -3.41. The standard InChI is InChI=1S/C61H104O6/c1-4-7-10-13-16-19-22-25-28-29-30-31-34-36-39-42-45-48-51-54-60(63)66-57-58(67-61(64)55-52-49-46-43-40-37-33-27-24-21-18-15-12-9-6-3)56-65-59(62)53-50-47-44-41-38-35-32-26-23-20-17-14-11-8-5-2/h7,10,16,18-19,21,25,27-28,30-31,33,36,39,58H,4-6,8-9,11-15,17,20,22-24,26,29,32,34-35,37-38,40-57H2,1-3H3/b10-7-,19-16-,21-18-,28-25-,31-30-,33-27-,39-36-/t58-/m0/s1. The fourth-order valence-electron chi connectivity index (χ4n) is 7.68. The first-order valence-electron chi connectivity index (χ1n) is 28.1. The largest absolute Gasteiger partial charge is 0.462 e. The maximum absolute atomic E-state index is 12.8. The van der Waals surface area contributed by atoms with Gasteiger partial charge < -0.3 is 14.2 Å². The molecule has 0 saturated heterocycles. The van der Waals surface area contributed by atoms with Crippen LogP contribution in [0.4, 0.5) is 0 Å². The second-order valence-electron chi connectivity index (χ2n) is 18.5. The van der Waals surface area contributed by atoms with Gasteiger partial charge in [-0.2, -0.15) is 0 Å². The van der Waals surface area contributed by atoms with Crippen LogP contribution in [0, 0.1) is 0 Å². The molecule has 0 aromatic heterocycles. The zero-order chi connectivity index (χ0) is 48.6. The van der Waals surface area contributed by atoms with Gasteiger partial charge in [-0.25, -0.2) is 0 Å². The Balaban J connectivity index is 4.46. The number of allylic oxidation sites excluding steroid dienone is 14. The van der Waals surface area contributed by atoms with Crippen LogP contribution in [-0.4, -0.2) is 37.2 Å². The number of hydrogen-bond donors (Lipinski definition) is 0. The maximum atomic E-state index is 12.8. The Morgan fingerprint density at radius 3 is 0.955 bits per heavy atom. The summed E-state index contributed by atoms with van der Waals surface area (Å²) in [6.07, 6.45) is 71.4. The third-order valence-corrected chi connectivity index (χ3v) is 11.9. The number of carbonyl (C=O) groups is 3. The summed E-state index contributed by atoms with van der Waals surface area (Å²) in [4.78, 5) is 38.1. The quantitative estimate of drug-likeness (QED) is 0.0262.